The predicted octanol–water partition coefficient (Wildman–Crippen LogP) is 0.00240. The molecule has 0 aliphatic carbocycles. The van der Waals surface area contributed by atoms with Crippen molar-refractivity contribution >= 4 is 32.6 Å². The van der Waals surface area contributed by atoms with Gasteiger partial charge in [0.2, 0.25) is 10.0 Å². The number of piperazine rings is 1. The molecule has 6 heteroatoms. The van der Waals surface area contributed by atoms with Crippen LogP contribution in [0.2, 0.25) is 0 Å². The minimum absolute atomic E-state index is 0.0958. The molecule has 1 saturated heterocycles. The first-order valence-corrected chi connectivity index (χ1v) is 6.97. The van der Waals surface area contributed by atoms with E-state index in [1.807, 2.05) is 29.5 Å². The molecule has 0 saturated carbocycles. The van der Waals surface area contributed by atoms with E-state index in [1.165, 1.54) is 0 Å². The number of hydrogen-bond donors (Lipinski definition) is 1. The molecule has 0 aromatic heterocycles. The van der Waals surface area contributed by atoms with E-state index in [2.05, 4.69) is 5.32 Å². The number of nitrogens with one attached hydrogen (secondary N) is 1. The minimum atomic E-state index is -2.99. The van der Waals surface area contributed by atoms with Crippen LogP contribution in [0.1, 0.15) is 6.92 Å². The Morgan fingerprint density at radius 1 is 1.67 bits per heavy atom. The summed E-state index contributed by atoms with van der Waals surface area (Å²) in [6.07, 6.45) is 0. The molecule has 0 aromatic rings. The van der Waals surface area contributed by atoms with Gasteiger partial charge in [0, 0.05) is 25.7 Å². The van der Waals surface area contributed by atoms with E-state index in [-0.39, 0.29) is 9.80 Å². The lowest BCUT2D eigenvalue weighted by molar-refractivity contribution is 0.285. The minimum Gasteiger partial charge on any atom is -0.314 e. The summed E-state index contributed by atoms with van der Waals surface area (Å²) in [6, 6.07) is 0.0958. The van der Waals surface area contributed by atoms with Crippen molar-refractivity contribution in [2.24, 2.45) is 0 Å². The Hall–Kier alpha value is 0.600. The summed E-state index contributed by atoms with van der Waals surface area (Å²) in [5.41, 5.74) is 0. The molecule has 4 nitrogen and oxygen atoms in total. The standard InChI is InChI=1S/C6H13IN2O2S/c1-6-4-8-2-3-9(6)12(10,11)5-7/h6,8H,2-5H2,1H3. The second-order valence-electron chi connectivity index (χ2n) is 2.88. The van der Waals surface area contributed by atoms with Crippen molar-refractivity contribution < 1.29 is 8.42 Å². The van der Waals surface area contributed by atoms with Crippen LogP contribution in [-0.4, -0.2) is 42.2 Å². The van der Waals surface area contributed by atoms with Gasteiger partial charge in [0.25, 0.3) is 0 Å². The van der Waals surface area contributed by atoms with Crippen molar-refractivity contribution in [2.75, 3.05) is 23.4 Å². The molecule has 1 heterocycles. The van der Waals surface area contributed by atoms with Crippen LogP contribution in [0.25, 0.3) is 0 Å². The Kier molecular flexibility index (Phi) is 3.74. The molecule has 72 valence electrons. The first-order valence-electron chi connectivity index (χ1n) is 3.84. The van der Waals surface area contributed by atoms with Gasteiger partial charge < -0.3 is 5.32 Å². The molecule has 0 amide bonds. The van der Waals surface area contributed by atoms with Crippen LogP contribution in [0.5, 0.6) is 0 Å². The fourth-order valence-electron chi connectivity index (χ4n) is 1.30. The summed E-state index contributed by atoms with van der Waals surface area (Å²) in [4.78, 5) is 0. The van der Waals surface area contributed by atoms with E-state index in [0.717, 1.165) is 13.1 Å². The van der Waals surface area contributed by atoms with Crippen molar-refractivity contribution in [3.05, 3.63) is 0 Å². The van der Waals surface area contributed by atoms with Gasteiger partial charge in [-0.3, -0.25) is 0 Å². The van der Waals surface area contributed by atoms with E-state index in [4.69, 9.17) is 0 Å². The van der Waals surface area contributed by atoms with Gasteiger partial charge in [0.05, 0.1) is 0 Å². The number of sulfonamides is 1. The van der Waals surface area contributed by atoms with E-state index in [0.29, 0.717) is 6.54 Å². The Bertz CT molecular complexity index is 242. The number of halogens is 1. The molecule has 1 rings (SSSR count). The molecule has 0 radical (unpaired) electrons. The highest BCUT2D eigenvalue weighted by atomic mass is 127. The average molecular weight is 304 g/mol. The second kappa shape index (κ2) is 4.21. The van der Waals surface area contributed by atoms with Crippen molar-refractivity contribution in [2.45, 2.75) is 13.0 Å². The first kappa shape index (κ1) is 10.7. The zero-order valence-corrected chi connectivity index (χ0v) is 9.93. The molecule has 1 unspecified atom stereocenters. The van der Waals surface area contributed by atoms with E-state index in [1.54, 1.807) is 4.31 Å². The van der Waals surface area contributed by atoms with Crippen LogP contribution in [0.3, 0.4) is 0 Å². The van der Waals surface area contributed by atoms with Crippen molar-refractivity contribution in [3.8, 4) is 0 Å². The van der Waals surface area contributed by atoms with Crippen LogP contribution in [0.4, 0.5) is 0 Å². The number of rotatable bonds is 2. The van der Waals surface area contributed by atoms with Crippen molar-refractivity contribution in [1.29, 1.82) is 0 Å². The lowest BCUT2D eigenvalue weighted by Gasteiger charge is -2.32. The lowest BCUT2D eigenvalue weighted by Crippen LogP contribution is -2.52. The quantitative estimate of drug-likeness (QED) is 0.577. The van der Waals surface area contributed by atoms with Gasteiger partial charge in [-0.15, -0.1) is 0 Å². The summed E-state index contributed by atoms with van der Waals surface area (Å²) in [6.45, 7) is 4.05. The maximum Gasteiger partial charge on any atom is 0.223 e. The Morgan fingerprint density at radius 2 is 2.33 bits per heavy atom. The number of alkyl halides is 1. The normalized spacial score (nSPS) is 27.3. The van der Waals surface area contributed by atoms with Crippen LogP contribution in [0, 0.1) is 0 Å². The highest BCUT2D eigenvalue weighted by Gasteiger charge is 2.27. The van der Waals surface area contributed by atoms with E-state index in [9.17, 15) is 8.42 Å². The highest BCUT2D eigenvalue weighted by Crippen LogP contribution is 2.11. The molecule has 0 aromatic carbocycles. The number of hydrogen-bond acceptors (Lipinski definition) is 3. The third kappa shape index (κ3) is 2.30. The summed E-state index contributed by atoms with van der Waals surface area (Å²) < 4.78 is 24.7. The van der Waals surface area contributed by atoms with Crippen LogP contribution in [0.15, 0.2) is 0 Å². The van der Waals surface area contributed by atoms with Gasteiger partial charge in [-0.1, -0.05) is 22.6 Å². The molecule has 0 bridgehead atoms. The van der Waals surface area contributed by atoms with Gasteiger partial charge in [-0.25, -0.2) is 8.42 Å². The van der Waals surface area contributed by atoms with Crippen LogP contribution in [-0.2, 0) is 10.0 Å². The first-order chi connectivity index (χ1) is 5.58. The molecule has 0 spiro atoms. The topological polar surface area (TPSA) is 49.4 Å². The lowest BCUT2D eigenvalue weighted by atomic mass is 10.3. The molecule has 12 heavy (non-hydrogen) atoms. The summed E-state index contributed by atoms with van der Waals surface area (Å²) >= 11 is 1.89. The molecular formula is C6H13IN2O2S. The monoisotopic (exact) mass is 304 g/mol. The fraction of sp³-hybridized carbons (Fsp3) is 1.00. The van der Waals surface area contributed by atoms with Crippen LogP contribution < -0.4 is 5.32 Å². The second-order valence-corrected chi connectivity index (χ2v) is 6.60. The summed E-state index contributed by atoms with van der Waals surface area (Å²) in [5, 5.41) is 3.15. The Morgan fingerprint density at radius 3 is 2.83 bits per heavy atom. The van der Waals surface area contributed by atoms with Crippen molar-refractivity contribution in [3.63, 3.8) is 0 Å². The maximum atomic E-state index is 11.5. The van der Waals surface area contributed by atoms with Crippen molar-refractivity contribution in [1.82, 2.24) is 9.62 Å². The predicted molar refractivity (Wildman–Crippen MR) is 56.8 cm³/mol. The Balaban J connectivity index is 2.72. The molecular weight excluding hydrogens is 291 g/mol. The zero-order chi connectivity index (χ0) is 9.19. The maximum absolute atomic E-state index is 11.5. The summed E-state index contributed by atoms with van der Waals surface area (Å²) in [5.74, 6) is 0. The number of nitrogens with zero attached hydrogens (tertiary/aromatic N) is 1. The third-order valence-electron chi connectivity index (χ3n) is 1.94. The van der Waals surface area contributed by atoms with E-state index >= 15 is 0 Å². The molecule has 1 atom stereocenters. The van der Waals surface area contributed by atoms with Gasteiger partial charge in [-0.05, 0) is 6.92 Å². The molecule has 1 aliphatic heterocycles. The largest absolute Gasteiger partial charge is 0.314 e. The Labute approximate surface area is 86.9 Å². The third-order valence-corrected chi connectivity index (χ3v) is 5.83. The molecule has 1 fully saturated rings. The smallest absolute Gasteiger partial charge is 0.223 e. The summed E-state index contributed by atoms with van der Waals surface area (Å²) in [7, 11) is -2.99. The highest BCUT2D eigenvalue weighted by molar-refractivity contribution is 14.1. The molecule has 1 N–H and O–H groups in total. The fourth-order valence-corrected chi connectivity index (χ4v) is 3.49. The van der Waals surface area contributed by atoms with E-state index < -0.39 is 10.0 Å². The van der Waals surface area contributed by atoms with Gasteiger partial charge in [0.15, 0.2) is 0 Å². The van der Waals surface area contributed by atoms with Gasteiger partial charge >= 0.3 is 0 Å². The van der Waals surface area contributed by atoms with Gasteiger partial charge in [-0.2, -0.15) is 4.31 Å². The average Bonchev–Trinajstić information content (AvgIpc) is 2.05. The SMILES string of the molecule is CC1CNCCN1S(=O)(=O)CI. The zero-order valence-electron chi connectivity index (χ0n) is 6.96. The molecule has 1 aliphatic rings. The van der Waals surface area contributed by atoms with Gasteiger partial charge in [0.1, 0.15) is 3.76 Å². The van der Waals surface area contributed by atoms with Crippen LogP contribution >= 0.6 is 22.6 Å².